The van der Waals surface area contributed by atoms with Crippen molar-refractivity contribution in [2.75, 3.05) is 0 Å². The Labute approximate surface area is 124 Å². The highest BCUT2D eigenvalue weighted by molar-refractivity contribution is 7.90. The molecule has 22 heavy (non-hydrogen) atoms. The van der Waals surface area contributed by atoms with Gasteiger partial charge in [-0.2, -0.15) is 26.0 Å². The summed E-state index contributed by atoms with van der Waals surface area (Å²) in [5.74, 6) is 3.90. The van der Waals surface area contributed by atoms with E-state index in [2.05, 4.69) is 0 Å². The molecular weight excluding hydrogens is 325 g/mol. The molecule has 3 aliphatic carbocycles. The fourth-order valence-electron chi connectivity index (χ4n) is 4.98. The molecule has 124 valence electrons. The zero-order chi connectivity index (χ0) is 16.0. The van der Waals surface area contributed by atoms with Crippen LogP contribution in [-0.2, 0) is 19.6 Å². The summed E-state index contributed by atoms with van der Waals surface area (Å²) in [4.78, 5) is 12.2. The van der Waals surface area contributed by atoms with Gasteiger partial charge in [-0.25, -0.2) is 5.84 Å². The van der Waals surface area contributed by atoms with E-state index in [1.807, 2.05) is 0 Å². The molecule has 1 amide bonds. The van der Waals surface area contributed by atoms with Gasteiger partial charge >= 0.3 is 15.5 Å². The second-order valence-electron chi connectivity index (χ2n) is 6.70. The van der Waals surface area contributed by atoms with E-state index in [-0.39, 0.29) is 30.0 Å². The molecule has 2 bridgehead atoms. The smallest absolute Gasteiger partial charge is 0.369 e. The van der Waals surface area contributed by atoms with Gasteiger partial charge in [-0.05, 0) is 42.9 Å². The Kier molecular flexibility index (Phi) is 2.77. The number of amides is 1. The molecule has 4 aliphatic rings. The average Bonchev–Trinajstić information content (AvgIpc) is 2.82. The van der Waals surface area contributed by atoms with Crippen LogP contribution in [0.4, 0.5) is 13.2 Å². The van der Waals surface area contributed by atoms with Crippen molar-refractivity contribution in [1.82, 2.24) is 4.41 Å². The number of halogens is 3. The Bertz CT molecular complexity index is 637. The Morgan fingerprint density at radius 3 is 2.50 bits per heavy atom. The van der Waals surface area contributed by atoms with Crippen LogP contribution in [-0.4, -0.2) is 36.5 Å². The van der Waals surface area contributed by atoms with Crippen molar-refractivity contribution in [2.45, 2.75) is 37.0 Å². The van der Waals surface area contributed by atoms with Crippen LogP contribution < -0.4 is 5.84 Å². The van der Waals surface area contributed by atoms with E-state index in [0.717, 1.165) is 12.8 Å². The summed E-state index contributed by atoms with van der Waals surface area (Å²) in [5, 5.41) is 0. The number of hydrazine groups is 1. The fourth-order valence-corrected chi connectivity index (χ4v) is 5.58. The molecule has 6 nitrogen and oxygen atoms in total. The molecule has 0 spiro atoms. The minimum Gasteiger partial charge on any atom is -0.369 e. The predicted molar refractivity (Wildman–Crippen MR) is 66.0 cm³/mol. The first-order valence-electron chi connectivity index (χ1n) is 7.18. The number of hydrogen-bond donors (Lipinski definition) is 1. The summed E-state index contributed by atoms with van der Waals surface area (Å²) in [6, 6.07) is 0. The molecule has 0 aromatic rings. The normalized spacial score (nSPS) is 45.5. The quantitative estimate of drug-likeness (QED) is 0.344. The third-order valence-corrected chi connectivity index (χ3v) is 7.12. The van der Waals surface area contributed by atoms with Gasteiger partial charge in [-0.15, -0.1) is 0 Å². The topological polar surface area (TPSA) is 93.0 Å². The lowest BCUT2D eigenvalue weighted by Crippen LogP contribution is -2.52. The maximum atomic E-state index is 12.5. The van der Waals surface area contributed by atoms with E-state index in [1.54, 1.807) is 0 Å². The number of rotatable bonds is 2. The molecule has 0 radical (unpaired) electrons. The van der Waals surface area contributed by atoms with Crippen LogP contribution >= 0.6 is 0 Å². The summed E-state index contributed by atoms with van der Waals surface area (Å²) in [5.41, 5.74) is -5.57. The molecule has 7 unspecified atom stereocenters. The molecule has 4 rings (SSSR count). The van der Waals surface area contributed by atoms with Crippen molar-refractivity contribution in [3.8, 4) is 0 Å². The lowest BCUT2D eigenvalue weighted by atomic mass is 9.75. The van der Waals surface area contributed by atoms with Gasteiger partial charge in [0.25, 0.3) is 5.91 Å². The first kappa shape index (κ1) is 14.7. The second-order valence-corrected chi connectivity index (χ2v) is 8.51. The highest BCUT2D eigenvalue weighted by atomic mass is 32.2. The molecular formula is C12H15F3N2O4S. The van der Waals surface area contributed by atoms with E-state index < -0.39 is 31.8 Å². The lowest BCUT2D eigenvalue weighted by Gasteiger charge is -2.33. The third kappa shape index (κ3) is 1.74. The average molecular weight is 340 g/mol. The van der Waals surface area contributed by atoms with Crippen molar-refractivity contribution in [2.24, 2.45) is 35.4 Å². The summed E-state index contributed by atoms with van der Waals surface area (Å²) in [7, 11) is -5.82. The van der Waals surface area contributed by atoms with E-state index in [1.165, 1.54) is 0 Å². The molecule has 1 aliphatic heterocycles. The van der Waals surface area contributed by atoms with Gasteiger partial charge in [-0.3, -0.25) is 4.79 Å². The Balaban J connectivity index is 1.55. The monoisotopic (exact) mass is 340 g/mol. The van der Waals surface area contributed by atoms with Crippen LogP contribution in [0.25, 0.3) is 0 Å². The molecule has 1 saturated heterocycles. The molecule has 3 saturated carbocycles. The number of sulfonamides is 1. The molecule has 4 fully saturated rings. The van der Waals surface area contributed by atoms with E-state index in [4.69, 9.17) is 10.6 Å². The van der Waals surface area contributed by atoms with Crippen LogP contribution in [0.2, 0.25) is 0 Å². The summed E-state index contributed by atoms with van der Waals surface area (Å²) in [6.45, 7) is 0. The Morgan fingerprint density at radius 1 is 1.18 bits per heavy atom. The maximum absolute atomic E-state index is 12.5. The number of epoxide rings is 1. The Hall–Kier alpha value is -0.870. The fraction of sp³-hybridized carbons (Fsp3) is 0.917. The van der Waals surface area contributed by atoms with Crippen molar-refractivity contribution in [1.29, 1.82) is 0 Å². The number of hydrogen-bond acceptors (Lipinski definition) is 5. The van der Waals surface area contributed by atoms with Crippen molar-refractivity contribution < 1.29 is 31.1 Å². The SMILES string of the molecule is NN(C(=O)C1CC2CC1C1C2CC2OC21)S(=O)(=O)C(F)(F)F. The summed E-state index contributed by atoms with van der Waals surface area (Å²) >= 11 is 0. The third-order valence-electron chi connectivity index (χ3n) is 5.83. The highest BCUT2D eigenvalue weighted by Gasteiger charge is 2.68. The maximum Gasteiger partial charge on any atom is 0.518 e. The van der Waals surface area contributed by atoms with Crippen LogP contribution in [0.1, 0.15) is 19.3 Å². The molecule has 1 heterocycles. The number of nitrogens with two attached hydrogens (primary N) is 1. The molecule has 7 atom stereocenters. The zero-order valence-corrected chi connectivity index (χ0v) is 12.2. The molecule has 0 aromatic heterocycles. The number of carbonyl (C=O) groups is 1. The number of carbonyl (C=O) groups excluding carboxylic acids is 1. The van der Waals surface area contributed by atoms with E-state index in [9.17, 15) is 26.4 Å². The van der Waals surface area contributed by atoms with Gasteiger partial charge in [-0.1, -0.05) is 0 Å². The van der Waals surface area contributed by atoms with Gasteiger partial charge in [0.1, 0.15) is 0 Å². The number of ether oxygens (including phenoxy) is 1. The van der Waals surface area contributed by atoms with Crippen molar-refractivity contribution >= 4 is 15.9 Å². The lowest BCUT2D eigenvalue weighted by molar-refractivity contribution is -0.135. The molecule has 10 heteroatoms. The largest absolute Gasteiger partial charge is 0.518 e. The van der Waals surface area contributed by atoms with Crippen molar-refractivity contribution in [3.05, 3.63) is 0 Å². The molecule has 2 N–H and O–H groups in total. The van der Waals surface area contributed by atoms with Gasteiger partial charge in [0.05, 0.1) is 12.2 Å². The second kappa shape index (κ2) is 4.15. The summed E-state index contributed by atoms with van der Waals surface area (Å²) < 4.78 is 65.0. The minimum atomic E-state index is -5.82. The highest BCUT2D eigenvalue weighted by Crippen LogP contribution is 2.66. The minimum absolute atomic E-state index is 0.0982. The van der Waals surface area contributed by atoms with Gasteiger partial charge < -0.3 is 4.74 Å². The number of nitrogens with zero attached hydrogens (tertiary/aromatic N) is 1. The van der Waals surface area contributed by atoms with Crippen LogP contribution in [0.5, 0.6) is 0 Å². The molecule has 0 aromatic carbocycles. The van der Waals surface area contributed by atoms with Crippen LogP contribution in [0.15, 0.2) is 0 Å². The standard InChI is InChI=1S/C12H15F3N2O4S/c13-12(14,15)22(19,20)17(16)11(18)7-2-4-1-6(7)9-5(4)3-8-10(9)21-8/h4-10H,1-3,16H2. The van der Waals surface area contributed by atoms with Gasteiger partial charge in [0, 0.05) is 5.92 Å². The number of fused-ring (bicyclic) bond motifs is 7. The van der Waals surface area contributed by atoms with Crippen molar-refractivity contribution in [3.63, 3.8) is 0 Å². The Morgan fingerprint density at radius 2 is 1.86 bits per heavy atom. The van der Waals surface area contributed by atoms with E-state index >= 15 is 0 Å². The predicted octanol–water partition coefficient (Wildman–Crippen LogP) is 0.598. The van der Waals surface area contributed by atoms with Crippen LogP contribution in [0.3, 0.4) is 0 Å². The van der Waals surface area contributed by atoms with Gasteiger partial charge in [0.15, 0.2) is 0 Å². The van der Waals surface area contributed by atoms with Crippen LogP contribution in [0, 0.1) is 29.6 Å². The van der Waals surface area contributed by atoms with E-state index in [0.29, 0.717) is 12.3 Å². The number of alkyl halides is 3. The first-order valence-corrected chi connectivity index (χ1v) is 8.62. The summed E-state index contributed by atoms with van der Waals surface area (Å²) in [6.07, 6.45) is 2.44. The van der Waals surface area contributed by atoms with Gasteiger partial charge in [0.2, 0.25) is 0 Å². The first-order chi connectivity index (χ1) is 10.1. The zero-order valence-electron chi connectivity index (χ0n) is 11.4.